The fraction of sp³-hybridized carbons (Fsp3) is 0.296. The minimum Gasteiger partial charge on any atom is -0.338 e. The van der Waals surface area contributed by atoms with E-state index in [4.69, 9.17) is 9.97 Å². The minimum absolute atomic E-state index is 0.650. The molecule has 0 spiro atoms. The molecule has 1 saturated heterocycles. The van der Waals surface area contributed by atoms with E-state index in [0.717, 1.165) is 42.8 Å². The van der Waals surface area contributed by atoms with Crippen LogP contribution in [0.4, 0.5) is 17.5 Å². The maximum Gasteiger partial charge on any atom is 0.229 e. The molecule has 9 heteroatoms. The van der Waals surface area contributed by atoms with Crippen molar-refractivity contribution in [3.05, 3.63) is 65.5 Å². The molecule has 0 unspecified atom stereocenters. The van der Waals surface area contributed by atoms with Crippen LogP contribution in [0.15, 0.2) is 48.8 Å². The third kappa shape index (κ3) is 5.06. The molecule has 2 aromatic heterocycles. The molecule has 0 bridgehead atoms. The van der Waals surface area contributed by atoms with Gasteiger partial charge >= 0.3 is 0 Å². The second-order valence-corrected chi connectivity index (χ2v) is 12.8. The Morgan fingerprint density at radius 3 is 2.36 bits per heavy atom. The van der Waals surface area contributed by atoms with Crippen molar-refractivity contribution in [3.63, 3.8) is 0 Å². The molecule has 5 rings (SSSR count). The summed E-state index contributed by atoms with van der Waals surface area (Å²) < 4.78 is 14.4. The van der Waals surface area contributed by atoms with Gasteiger partial charge in [-0.05, 0) is 74.2 Å². The summed E-state index contributed by atoms with van der Waals surface area (Å²) in [7, 11) is -2.31. The van der Waals surface area contributed by atoms with Gasteiger partial charge in [0.25, 0.3) is 0 Å². The summed E-state index contributed by atoms with van der Waals surface area (Å²) in [6.45, 7) is 11.3. The van der Waals surface area contributed by atoms with E-state index in [1.165, 1.54) is 16.7 Å². The number of piperazine rings is 1. The highest BCUT2D eigenvalue weighted by molar-refractivity contribution is 7.70. The Hall–Kier alpha value is -3.48. The first-order valence-corrected chi connectivity index (χ1v) is 14.8. The van der Waals surface area contributed by atoms with Crippen molar-refractivity contribution in [2.75, 3.05) is 49.7 Å². The maximum absolute atomic E-state index is 12.4. The first-order chi connectivity index (χ1) is 17.3. The Morgan fingerprint density at radius 1 is 1.00 bits per heavy atom. The average molecular weight is 502 g/mol. The zero-order valence-electron chi connectivity index (χ0n) is 21.2. The molecule has 1 fully saturated rings. The number of aromatic nitrogens is 4. The third-order valence-corrected chi connectivity index (χ3v) is 8.05. The molecule has 2 aromatic carbocycles. The SMILES string of the molecule is Cc1cccc(C)c1C=Cn1cnc2c(Nc3ccc(P(C)(C)=O)cc3)nc(N3CCNCC3)nc21. The molecule has 0 amide bonds. The molecule has 0 saturated carbocycles. The van der Waals surface area contributed by atoms with E-state index < -0.39 is 7.14 Å². The van der Waals surface area contributed by atoms with Crippen molar-refractivity contribution < 1.29 is 4.57 Å². The monoisotopic (exact) mass is 501 g/mol. The van der Waals surface area contributed by atoms with Gasteiger partial charge in [-0.1, -0.05) is 18.2 Å². The number of benzene rings is 2. The number of imidazole rings is 1. The molecule has 0 radical (unpaired) electrons. The first kappa shape index (κ1) is 24.2. The van der Waals surface area contributed by atoms with Crippen LogP contribution in [0.25, 0.3) is 23.4 Å². The lowest BCUT2D eigenvalue weighted by Crippen LogP contribution is -2.44. The highest BCUT2D eigenvalue weighted by atomic mass is 31.2. The molecule has 1 aliphatic heterocycles. The van der Waals surface area contributed by atoms with Gasteiger partial charge in [0.05, 0.1) is 0 Å². The highest BCUT2D eigenvalue weighted by Gasteiger charge is 2.19. The zero-order valence-corrected chi connectivity index (χ0v) is 22.1. The van der Waals surface area contributed by atoms with Crippen LogP contribution in [0.1, 0.15) is 16.7 Å². The second kappa shape index (κ2) is 9.88. The Balaban J connectivity index is 1.55. The van der Waals surface area contributed by atoms with E-state index in [0.29, 0.717) is 17.3 Å². The predicted molar refractivity (Wildman–Crippen MR) is 150 cm³/mol. The molecule has 4 aromatic rings. The lowest BCUT2D eigenvalue weighted by molar-refractivity contribution is 0.580. The van der Waals surface area contributed by atoms with Gasteiger partial charge in [-0.3, -0.25) is 4.57 Å². The maximum atomic E-state index is 12.4. The minimum atomic E-state index is -2.31. The van der Waals surface area contributed by atoms with Crippen molar-refractivity contribution in [1.29, 1.82) is 0 Å². The second-order valence-electron chi connectivity index (χ2n) is 9.58. The van der Waals surface area contributed by atoms with Crippen LogP contribution in [-0.2, 0) is 4.57 Å². The molecule has 8 nitrogen and oxygen atoms in total. The largest absolute Gasteiger partial charge is 0.338 e. The summed E-state index contributed by atoms with van der Waals surface area (Å²) in [5.74, 6) is 1.33. The van der Waals surface area contributed by atoms with E-state index in [-0.39, 0.29) is 0 Å². The topological polar surface area (TPSA) is 88.0 Å². The fourth-order valence-corrected chi connectivity index (χ4v) is 5.26. The van der Waals surface area contributed by atoms with Gasteiger partial charge in [0, 0.05) is 43.4 Å². The molecule has 0 aliphatic carbocycles. The standard InChI is InChI=1S/C27H32N7OP/c1-19-6-5-7-20(2)23(19)12-15-34-18-29-24-25(30-21-8-10-22(11-9-21)36(3,4)35)31-27(32-26(24)34)33-16-13-28-14-17-33/h5-12,15,18,28H,13-14,16-17H2,1-4H3,(H,30,31,32). The summed E-state index contributed by atoms with van der Waals surface area (Å²) in [5.41, 5.74) is 5.94. The van der Waals surface area contributed by atoms with Crippen LogP contribution < -0.4 is 20.8 Å². The molecular weight excluding hydrogens is 469 g/mol. The summed E-state index contributed by atoms with van der Waals surface area (Å²) in [6, 6.07) is 14.0. The van der Waals surface area contributed by atoms with Gasteiger partial charge in [0.2, 0.25) is 5.95 Å². The highest BCUT2D eigenvalue weighted by Crippen LogP contribution is 2.35. The van der Waals surface area contributed by atoms with Crippen LogP contribution in [-0.4, -0.2) is 59.0 Å². The predicted octanol–water partition coefficient (Wildman–Crippen LogP) is 4.47. The van der Waals surface area contributed by atoms with Crippen LogP contribution >= 0.6 is 7.14 Å². The Labute approximate surface area is 211 Å². The van der Waals surface area contributed by atoms with Crippen LogP contribution in [0.2, 0.25) is 0 Å². The van der Waals surface area contributed by atoms with Gasteiger partial charge in [-0.2, -0.15) is 9.97 Å². The van der Waals surface area contributed by atoms with E-state index in [1.807, 2.05) is 35.0 Å². The molecule has 0 atom stereocenters. The summed E-state index contributed by atoms with van der Waals surface area (Å²) in [6.07, 6.45) is 5.90. The number of nitrogens with zero attached hydrogens (tertiary/aromatic N) is 5. The van der Waals surface area contributed by atoms with Gasteiger partial charge < -0.3 is 20.1 Å². The Bertz CT molecular complexity index is 1440. The quantitative estimate of drug-likeness (QED) is 0.377. The van der Waals surface area contributed by atoms with Gasteiger partial charge in [-0.25, -0.2) is 4.98 Å². The van der Waals surface area contributed by atoms with E-state index in [2.05, 4.69) is 58.6 Å². The van der Waals surface area contributed by atoms with Crippen molar-refractivity contribution in [2.45, 2.75) is 13.8 Å². The van der Waals surface area contributed by atoms with Gasteiger partial charge in [0.15, 0.2) is 17.0 Å². The number of rotatable bonds is 6. The zero-order chi connectivity index (χ0) is 25.3. The number of hydrogen-bond acceptors (Lipinski definition) is 7. The lowest BCUT2D eigenvalue weighted by Gasteiger charge is -2.27. The molecule has 1 aliphatic rings. The molecule has 36 heavy (non-hydrogen) atoms. The van der Waals surface area contributed by atoms with Crippen molar-refractivity contribution in [1.82, 2.24) is 24.8 Å². The number of nitrogens with one attached hydrogen (secondary N) is 2. The number of anilines is 3. The van der Waals surface area contributed by atoms with E-state index in [9.17, 15) is 4.57 Å². The average Bonchev–Trinajstić information content (AvgIpc) is 3.27. The van der Waals surface area contributed by atoms with Crippen LogP contribution in [0.5, 0.6) is 0 Å². The summed E-state index contributed by atoms with van der Waals surface area (Å²) >= 11 is 0. The Morgan fingerprint density at radius 2 is 1.69 bits per heavy atom. The van der Waals surface area contributed by atoms with Crippen LogP contribution in [0, 0.1) is 13.8 Å². The van der Waals surface area contributed by atoms with Gasteiger partial charge in [-0.15, -0.1) is 0 Å². The van der Waals surface area contributed by atoms with E-state index in [1.54, 1.807) is 19.7 Å². The van der Waals surface area contributed by atoms with Crippen LogP contribution in [0.3, 0.4) is 0 Å². The number of hydrogen-bond donors (Lipinski definition) is 2. The Kier molecular flexibility index (Phi) is 6.65. The third-order valence-electron chi connectivity index (χ3n) is 6.51. The molecule has 3 heterocycles. The van der Waals surface area contributed by atoms with Crippen molar-refractivity contribution >= 4 is 53.3 Å². The summed E-state index contributed by atoms with van der Waals surface area (Å²) in [5, 5.41) is 7.66. The first-order valence-electron chi connectivity index (χ1n) is 12.2. The molecular formula is C27H32N7OP. The van der Waals surface area contributed by atoms with E-state index >= 15 is 0 Å². The lowest BCUT2D eigenvalue weighted by atomic mass is 10.0. The normalized spacial score (nSPS) is 14.6. The molecule has 2 N–H and O–H groups in total. The molecule has 186 valence electrons. The smallest absolute Gasteiger partial charge is 0.229 e. The fourth-order valence-electron chi connectivity index (χ4n) is 4.39. The van der Waals surface area contributed by atoms with Gasteiger partial charge in [0.1, 0.15) is 13.5 Å². The van der Waals surface area contributed by atoms with Crippen molar-refractivity contribution in [3.8, 4) is 0 Å². The summed E-state index contributed by atoms with van der Waals surface area (Å²) in [4.78, 5) is 16.7. The number of aryl methyl sites for hydroxylation is 2. The number of fused-ring (bicyclic) bond motifs is 1. The van der Waals surface area contributed by atoms with Crippen molar-refractivity contribution in [2.24, 2.45) is 0 Å².